The summed E-state index contributed by atoms with van der Waals surface area (Å²) in [6.45, 7) is 1.72. The third-order valence-electron chi connectivity index (χ3n) is 3.06. The molecule has 2 N–H and O–H groups in total. The summed E-state index contributed by atoms with van der Waals surface area (Å²) in [4.78, 5) is 34.9. The first kappa shape index (κ1) is 17.7. The normalized spacial score (nSPS) is 10.0. The maximum atomic E-state index is 11.7. The minimum atomic E-state index is -0.542. The fourth-order valence-electron chi connectivity index (χ4n) is 1.91. The van der Waals surface area contributed by atoms with Crippen LogP contribution < -0.4 is 10.6 Å². The average Bonchev–Trinajstić information content (AvgIpc) is 3.07. The summed E-state index contributed by atoms with van der Waals surface area (Å²) in [5.41, 5.74) is 2.23. The Kier molecular flexibility index (Phi) is 6.51. The van der Waals surface area contributed by atoms with Crippen molar-refractivity contribution in [2.24, 2.45) is 0 Å². The maximum absolute atomic E-state index is 11.7. The summed E-state index contributed by atoms with van der Waals surface area (Å²) < 4.78 is 4.88. The lowest BCUT2D eigenvalue weighted by atomic mass is 10.2. The van der Waals surface area contributed by atoms with E-state index in [1.807, 2.05) is 25.1 Å². The standard InChI is InChI=1S/C17H18N2O4S/c1-12-3-2-4-14(9-12)19-15(20)10-23-16(21)5-7-18-17(22)13-6-8-24-11-13/h2-4,6,8-9,11H,5,7,10H2,1H3,(H,18,22)(H,19,20). The van der Waals surface area contributed by atoms with Gasteiger partial charge < -0.3 is 15.4 Å². The number of esters is 1. The first-order chi connectivity index (χ1) is 11.5. The zero-order valence-electron chi connectivity index (χ0n) is 13.2. The molecule has 1 aromatic carbocycles. The van der Waals surface area contributed by atoms with Crippen LogP contribution in [0.15, 0.2) is 41.1 Å². The highest BCUT2D eigenvalue weighted by Gasteiger charge is 2.10. The van der Waals surface area contributed by atoms with E-state index in [1.54, 1.807) is 22.9 Å². The monoisotopic (exact) mass is 346 g/mol. The number of amides is 2. The molecule has 1 aromatic heterocycles. The van der Waals surface area contributed by atoms with E-state index in [9.17, 15) is 14.4 Å². The molecule has 0 fully saturated rings. The molecule has 7 heteroatoms. The van der Waals surface area contributed by atoms with Gasteiger partial charge in [0, 0.05) is 23.2 Å². The molecule has 126 valence electrons. The van der Waals surface area contributed by atoms with Crippen molar-refractivity contribution in [2.45, 2.75) is 13.3 Å². The molecule has 2 rings (SSSR count). The molecule has 0 aliphatic carbocycles. The molecule has 0 saturated carbocycles. The van der Waals surface area contributed by atoms with Crippen LogP contribution in [0.5, 0.6) is 0 Å². The van der Waals surface area contributed by atoms with Crippen molar-refractivity contribution >= 4 is 34.8 Å². The second-order valence-corrected chi connectivity index (χ2v) is 5.88. The zero-order chi connectivity index (χ0) is 17.4. The number of anilines is 1. The molecule has 2 aromatic rings. The van der Waals surface area contributed by atoms with E-state index in [0.717, 1.165) is 5.56 Å². The summed E-state index contributed by atoms with van der Waals surface area (Å²) in [6.07, 6.45) is 0.00754. The molecule has 0 spiro atoms. The fourth-order valence-corrected chi connectivity index (χ4v) is 2.55. The Bertz CT molecular complexity index is 713. The van der Waals surface area contributed by atoms with Gasteiger partial charge in [-0.3, -0.25) is 14.4 Å². The molecule has 0 saturated heterocycles. The predicted molar refractivity (Wildman–Crippen MR) is 92.0 cm³/mol. The van der Waals surface area contributed by atoms with Gasteiger partial charge in [0.1, 0.15) is 0 Å². The molecule has 0 unspecified atom stereocenters. The molecule has 24 heavy (non-hydrogen) atoms. The van der Waals surface area contributed by atoms with Crippen LogP contribution in [-0.4, -0.2) is 30.9 Å². The van der Waals surface area contributed by atoms with Crippen LogP contribution >= 0.6 is 11.3 Å². The Labute approximate surface area is 143 Å². The topological polar surface area (TPSA) is 84.5 Å². The Morgan fingerprint density at radius 1 is 1.21 bits per heavy atom. The van der Waals surface area contributed by atoms with Crippen molar-refractivity contribution in [3.63, 3.8) is 0 Å². The molecule has 0 aliphatic heterocycles. The number of hydrogen-bond acceptors (Lipinski definition) is 5. The van der Waals surface area contributed by atoms with Crippen LogP contribution in [0.25, 0.3) is 0 Å². The quantitative estimate of drug-likeness (QED) is 0.754. The third kappa shape index (κ3) is 5.85. The van der Waals surface area contributed by atoms with Crippen molar-refractivity contribution in [2.75, 3.05) is 18.5 Å². The van der Waals surface area contributed by atoms with Gasteiger partial charge >= 0.3 is 5.97 Å². The van der Waals surface area contributed by atoms with E-state index in [4.69, 9.17) is 4.74 Å². The van der Waals surface area contributed by atoms with Gasteiger partial charge in [0.25, 0.3) is 11.8 Å². The molecule has 0 aliphatic rings. The number of aryl methyl sites for hydroxylation is 1. The lowest BCUT2D eigenvalue weighted by Gasteiger charge is -2.07. The van der Waals surface area contributed by atoms with Gasteiger partial charge in [0.05, 0.1) is 6.42 Å². The molecule has 6 nitrogen and oxygen atoms in total. The minimum absolute atomic E-state index is 0.00754. The fraction of sp³-hybridized carbons (Fsp3) is 0.235. The van der Waals surface area contributed by atoms with Crippen LogP contribution in [0.4, 0.5) is 5.69 Å². The van der Waals surface area contributed by atoms with E-state index < -0.39 is 11.9 Å². The number of rotatable bonds is 7. The van der Waals surface area contributed by atoms with E-state index in [0.29, 0.717) is 11.3 Å². The lowest BCUT2D eigenvalue weighted by Crippen LogP contribution is -2.27. The Morgan fingerprint density at radius 3 is 2.75 bits per heavy atom. The van der Waals surface area contributed by atoms with Crippen molar-refractivity contribution in [1.82, 2.24) is 5.32 Å². The van der Waals surface area contributed by atoms with Crippen molar-refractivity contribution in [3.8, 4) is 0 Å². The van der Waals surface area contributed by atoms with Crippen molar-refractivity contribution in [3.05, 3.63) is 52.2 Å². The van der Waals surface area contributed by atoms with Crippen molar-refractivity contribution < 1.29 is 19.1 Å². The number of carbonyl (C=O) groups is 3. The number of benzene rings is 1. The molecule has 0 atom stereocenters. The maximum Gasteiger partial charge on any atom is 0.308 e. The van der Waals surface area contributed by atoms with Crippen LogP contribution in [0.2, 0.25) is 0 Å². The summed E-state index contributed by atoms with van der Waals surface area (Å²) in [6, 6.07) is 9.02. The molecule has 2 amide bonds. The highest BCUT2D eigenvalue weighted by molar-refractivity contribution is 7.08. The summed E-state index contributed by atoms with van der Waals surface area (Å²) in [5.74, 6) is -1.18. The number of hydrogen-bond donors (Lipinski definition) is 2. The highest BCUT2D eigenvalue weighted by Crippen LogP contribution is 2.09. The third-order valence-corrected chi connectivity index (χ3v) is 3.75. The number of thiophene rings is 1. The Morgan fingerprint density at radius 2 is 2.04 bits per heavy atom. The van der Waals surface area contributed by atoms with Crippen LogP contribution in [-0.2, 0) is 14.3 Å². The minimum Gasteiger partial charge on any atom is -0.456 e. The smallest absolute Gasteiger partial charge is 0.308 e. The largest absolute Gasteiger partial charge is 0.456 e. The highest BCUT2D eigenvalue weighted by atomic mass is 32.1. The Hall–Kier alpha value is -2.67. The number of ether oxygens (including phenoxy) is 1. The van der Waals surface area contributed by atoms with Gasteiger partial charge in [0.15, 0.2) is 6.61 Å². The van der Waals surface area contributed by atoms with E-state index in [2.05, 4.69) is 10.6 Å². The molecule has 1 heterocycles. The van der Waals surface area contributed by atoms with Crippen molar-refractivity contribution in [1.29, 1.82) is 0 Å². The van der Waals surface area contributed by atoms with Gasteiger partial charge in [-0.15, -0.1) is 0 Å². The van der Waals surface area contributed by atoms with Gasteiger partial charge in [-0.1, -0.05) is 12.1 Å². The predicted octanol–water partition coefficient (Wildman–Crippen LogP) is 2.36. The summed E-state index contributed by atoms with van der Waals surface area (Å²) in [5, 5.41) is 8.79. The molecular formula is C17H18N2O4S. The van der Waals surface area contributed by atoms with Gasteiger partial charge in [-0.2, -0.15) is 11.3 Å². The molecule has 0 radical (unpaired) electrons. The lowest BCUT2D eigenvalue weighted by molar-refractivity contribution is -0.147. The molecule has 0 bridgehead atoms. The zero-order valence-corrected chi connectivity index (χ0v) is 14.0. The SMILES string of the molecule is Cc1cccc(NC(=O)COC(=O)CCNC(=O)c2ccsc2)c1. The van der Waals surface area contributed by atoms with E-state index >= 15 is 0 Å². The summed E-state index contributed by atoms with van der Waals surface area (Å²) >= 11 is 1.42. The van der Waals surface area contributed by atoms with E-state index in [1.165, 1.54) is 11.3 Å². The summed E-state index contributed by atoms with van der Waals surface area (Å²) in [7, 11) is 0. The van der Waals surface area contributed by atoms with E-state index in [-0.39, 0.29) is 25.5 Å². The Balaban J connectivity index is 1.64. The van der Waals surface area contributed by atoms with Crippen LogP contribution in [0.3, 0.4) is 0 Å². The second-order valence-electron chi connectivity index (χ2n) is 5.10. The van der Waals surface area contributed by atoms with Gasteiger partial charge in [0.2, 0.25) is 0 Å². The number of carbonyl (C=O) groups excluding carboxylic acids is 3. The first-order valence-electron chi connectivity index (χ1n) is 7.37. The molecular weight excluding hydrogens is 328 g/mol. The van der Waals surface area contributed by atoms with Gasteiger partial charge in [-0.25, -0.2) is 0 Å². The van der Waals surface area contributed by atoms with Crippen LogP contribution in [0.1, 0.15) is 22.3 Å². The number of nitrogens with one attached hydrogen (secondary N) is 2. The van der Waals surface area contributed by atoms with Crippen LogP contribution in [0, 0.1) is 6.92 Å². The first-order valence-corrected chi connectivity index (χ1v) is 8.31. The average molecular weight is 346 g/mol. The van der Waals surface area contributed by atoms with Gasteiger partial charge in [-0.05, 0) is 36.1 Å². The second kappa shape index (κ2) is 8.83.